The highest BCUT2D eigenvalue weighted by Gasteiger charge is 2.21. The first-order valence-corrected chi connectivity index (χ1v) is 9.14. The minimum absolute atomic E-state index is 0. The molecule has 0 unspecified atom stereocenters. The Hall–Kier alpha value is -1.00. The quantitative estimate of drug-likeness (QED) is 0.260. The van der Waals surface area contributed by atoms with Crippen molar-refractivity contribution in [1.29, 1.82) is 0 Å². The van der Waals surface area contributed by atoms with Gasteiger partial charge in [0, 0.05) is 47.0 Å². The predicted octanol–water partition coefficient (Wildman–Crippen LogP) is 3.22. The van der Waals surface area contributed by atoms with Gasteiger partial charge < -0.3 is 19.7 Å². The van der Waals surface area contributed by atoms with Crippen LogP contribution in [0.3, 0.4) is 0 Å². The number of likely N-dealkylation sites (tertiary alicyclic amines) is 1. The van der Waals surface area contributed by atoms with Crippen LogP contribution in [0.4, 0.5) is 8.78 Å². The summed E-state index contributed by atoms with van der Waals surface area (Å²) in [7, 11) is 3.43. The van der Waals surface area contributed by atoms with Crippen LogP contribution in [0.1, 0.15) is 24.8 Å². The summed E-state index contributed by atoms with van der Waals surface area (Å²) >= 11 is 0. The lowest BCUT2D eigenvalue weighted by atomic mass is 10.1. The van der Waals surface area contributed by atoms with E-state index in [0.29, 0.717) is 18.5 Å². The summed E-state index contributed by atoms with van der Waals surface area (Å²) in [5.41, 5.74) is 0.371. The smallest absolute Gasteiger partial charge is 0.193 e. The highest BCUT2D eigenvalue weighted by molar-refractivity contribution is 14.0. The van der Waals surface area contributed by atoms with Gasteiger partial charge in [-0.15, -0.1) is 24.0 Å². The van der Waals surface area contributed by atoms with E-state index in [9.17, 15) is 8.78 Å². The van der Waals surface area contributed by atoms with Crippen LogP contribution in [-0.4, -0.2) is 64.0 Å². The van der Waals surface area contributed by atoms with E-state index in [4.69, 9.17) is 9.47 Å². The summed E-state index contributed by atoms with van der Waals surface area (Å²) in [6, 6.07) is 3.54. The number of guanidine groups is 1. The molecule has 2 rings (SSSR count). The molecule has 1 saturated heterocycles. The minimum atomic E-state index is -0.418. The topological polar surface area (TPSA) is 46.1 Å². The maximum Gasteiger partial charge on any atom is 0.193 e. The molecule has 0 aromatic heterocycles. The second-order valence-electron chi connectivity index (χ2n) is 6.36. The van der Waals surface area contributed by atoms with Crippen molar-refractivity contribution in [2.24, 2.45) is 4.99 Å². The van der Waals surface area contributed by atoms with Crippen molar-refractivity contribution in [3.63, 3.8) is 0 Å². The van der Waals surface area contributed by atoms with Crippen LogP contribution in [0.15, 0.2) is 23.2 Å². The van der Waals surface area contributed by atoms with Gasteiger partial charge >= 0.3 is 0 Å². The second-order valence-corrected chi connectivity index (χ2v) is 6.36. The molecule has 0 spiro atoms. The molecule has 0 bridgehead atoms. The number of ether oxygens (including phenoxy) is 2. The molecule has 0 saturated carbocycles. The van der Waals surface area contributed by atoms with Gasteiger partial charge in [-0.05, 0) is 49.4 Å². The maximum atomic E-state index is 13.7. The molecule has 1 heterocycles. The number of nitrogens with one attached hydrogen (secondary N) is 1. The lowest BCUT2D eigenvalue weighted by Crippen LogP contribution is -2.47. The zero-order valence-corrected chi connectivity index (χ0v) is 18.4. The van der Waals surface area contributed by atoms with Crippen LogP contribution in [0.5, 0.6) is 0 Å². The molecule has 1 aliphatic heterocycles. The molecule has 0 amide bonds. The van der Waals surface area contributed by atoms with Crippen LogP contribution in [-0.2, 0) is 15.9 Å². The van der Waals surface area contributed by atoms with E-state index in [1.807, 2.05) is 0 Å². The Morgan fingerprint density at radius 2 is 2.00 bits per heavy atom. The molecule has 0 atom stereocenters. The van der Waals surface area contributed by atoms with Crippen molar-refractivity contribution >= 4 is 29.9 Å². The molecular weight excluding hydrogens is 467 g/mol. The predicted molar refractivity (Wildman–Crippen MR) is 114 cm³/mol. The van der Waals surface area contributed by atoms with E-state index < -0.39 is 5.82 Å². The third-order valence-corrected chi connectivity index (χ3v) is 4.48. The van der Waals surface area contributed by atoms with Crippen LogP contribution in [0.25, 0.3) is 0 Å². The van der Waals surface area contributed by atoms with Crippen molar-refractivity contribution < 1.29 is 18.3 Å². The van der Waals surface area contributed by atoms with Crippen molar-refractivity contribution in [3.05, 3.63) is 35.4 Å². The van der Waals surface area contributed by atoms with E-state index >= 15 is 0 Å². The van der Waals surface area contributed by atoms with Crippen molar-refractivity contribution in [3.8, 4) is 0 Å². The number of halogens is 3. The Balaban J connectivity index is 0.00000364. The maximum absolute atomic E-state index is 13.7. The van der Waals surface area contributed by atoms with Gasteiger partial charge in [-0.25, -0.2) is 8.78 Å². The van der Waals surface area contributed by atoms with Crippen LogP contribution in [0.2, 0.25) is 0 Å². The highest BCUT2D eigenvalue weighted by atomic mass is 127. The fourth-order valence-electron chi connectivity index (χ4n) is 3.06. The number of methoxy groups -OCH3 is 1. The molecule has 27 heavy (non-hydrogen) atoms. The van der Waals surface area contributed by atoms with Crippen molar-refractivity contribution in [2.45, 2.75) is 31.8 Å². The Labute approximate surface area is 177 Å². The third kappa shape index (κ3) is 8.27. The molecule has 1 aromatic carbocycles. The van der Waals surface area contributed by atoms with Gasteiger partial charge in [-0.2, -0.15) is 0 Å². The molecule has 0 radical (unpaired) electrons. The second kappa shape index (κ2) is 13.2. The Kier molecular flexibility index (Phi) is 11.8. The van der Waals surface area contributed by atoms with Gasteiger partial charge in [0.1, 0.15) is 11.6 Å². The number of aliphatic imine (C=N–C) groups is 1. The number of hydrogen-bond acceptors (Lipinski definition) is 3. The molecular formula is C19H30F2IN3O2. The number of benzene rings is 1. The summed E-state index contributed by atoms with van der Waals surface area (Å²) in [6.07, 6.45) is 3.50. The van der Waals surface area contributed by atoms with E-state index in [1.165, 1.54) is 6.07 Å². The van der Waals surface area contributed by atoms with Crippen LogP contribution < -0.4 is 5.32 Å². The fraction of sp³-hybridized carbons (Fsp3) is 0.632. The molecule has 1 aliphatic rings. The summed E-state index contributed by atoms with van der Waals surface area (Å²) in [6.45, 7) is 3.68. The monoisotopic (exact) mass is 497 g/mol. The summed E-state index contributed by atoms with van der Waals surface area (Å²) in [5.74, 6) is -0.00683. The largest absolute Gasteiger partial charge is 0.385 e. The van der Waals surface area contributed by atoms with Gasteiger partial charge in [-0.3, -0.25) is 4.99 Å². The van der Waals surface area contributed by atoms with Gasteiger partial charge in [0.05, 0.1) is 6.10 Å². The summed E-state index contributed by atoms with van der Waals surface area (Å²) in [5, 5.41) is 3.24. The Morgan fingerprint density at radius 3 is 2.67 bits per heavy atom. The highest BCUT2D eigenvalue weighted by Crippen LogP contribution is 2.14. The van der Waals surface area contributed by atoms with E-state index in [2.05, 4.69) is 15.2 Å². The molecule has 8 heteroatoms. The standard InChI is InChI=1S/C19H29F2N3O2.HI/c1-22-19(23-9-6-15-14-16(20)4-5-18(15)21)24-10-7-17(8-11-24)26-13-3-12-25-2;/h4-5,14,17H,3,6-13H2,1-2H3,(H,22,23);1H. The fourth-order valence-corrected chi connectivity index (χ4v) is 3.06. The van der Waals surface area contributed by atoms with Gasteiger partial charge in [-0.1, -0.05) is 0 Å². The number of piperidine rings is 1. The summed E-state index contributed by atoms with van der Waals surface area (Å²) in [4.78, 5) is 6.48. The van der Waals surface area contributed by atoms with Crippen LogP contribution in [0, 0.1) is 11.6 Å². The molecule has 1 fully saturated rings. The van der Waals surface area contributed by atoms with Gasteiger partial charge in [0.25, 0.3) is 0 Å². The van der Waals surface area contributed by atoms with E-state index in [1.54, 1.807) is 14.2 Å². The zero-order valence-electron chi connectivity index (χ0n) is 16.0. The number of hydrogen-bond donors (Lipinski definition) is 1. The SMILES string of the molecule is CN=C(NCCc1cc(F)ccc1F)N1CCC(OCCCOC)CC1.I. The molecule has 154 valence electrons. The average Bonchev–Trinajstić information content (AvgIpc) is 2.66. The average molecular weight is 497 g/mol. The van der Waals surface area contributed by atoms with E-state index in [0.717, 1.165) is 63.7 Å². The number of nitrogens with zero attached hydrogens (tertiary/aromatic N) is 2. The first-order valence-electron chi connectivity index (χ1n) is 9.14. The zero-order chi connectivity index (χ0) is 18.8. The lowest BCUT2D eigenvalue weighted by Gasteiger charge is -2.34. The van der Waals surface area contributed by atoms with Crippen molar-refractivity contribution in [2.75, 3.05) is 47.0 Å². The molecule has 1 N–H and O–H groups in total. The summed E-state index contributed by atoms with van der Waals surface area (Å²) < 4.78 is 37.8. The number of rotatable bonds is 8. The lowest BCUT2D eigenvalue weighted by molar-refractivity contribution is 0.00991. The van der Waals surface area contributed by atoms with Crippen molar-refractivity contribution in [1.82, 2.24) is 10.2 Å². The Bertz CT molecular complexity index is 582. The van der Waals surface area contributed by atoms with Crippen LogP contribution >= 0.6 is 24.0 Å². The third-order valence-electron chi connectivity index (χ3n) is 4.48. The Morgan fingerprint density at radius 1 is 1.26 bits per heavy atom. The van der Waals surface area contributed by atoms with Gasteiger partial charge in [0.15, 0.2) is 5.96 Å². The molecule has 0 aliphatic carbocycles. The normalized spacial score (nSPS) is 15.6. The molecule has 1 aromatic rings. The first-order chi connectivity index (χ1) is 12.6. The first kappa shape index (κ1) is 24.0. The molecule has 5 nitrogen and oxygen atoms in total. The van der Waals surface area contributed by atoms with Gasteiger partial charge in [0.2, 0.25) is 0 Å². The minimum Gasteiger partial charge on any atom is -0.385 e. The van der Waals surface area contributed by atoms with E-state index in [-0.39, 0.29) is 35.9 Å².